The van der Waals surface area contributed by atoms with Gasteiger partial charge in [0.25, 0.3) is 0 Å². The van der Waals surface area contributed by atoms with E-state index in [0.29, 0.717) is 25.0 Å². The molecule has 5 nitrogen and oxygen atoms in total. The van der Waals surface area contributed by atoms with Crippen molar-refractivity contribution in [2.24, 2.45) is 0 Å². The van der Waals surface area contributed by atoms with Crippen LogP contribution in [-0.2, 0) is 12.6 Å². The molecule has 0 N–H and O–H groups in total. The van der Waals surface area contributed by atoms with Crippen LogP contribution >= 0.6 is 0 Å². The van der Waals surface area contributed by atoms with Crippen LogP contribution in [0.25, 0.3) is 11.4 Å². The maximum absolute atomic E-state index is 12.6. The molecule has 0 saturated heterocycles. The van der Waals surface area contributed by atoms with E-state index in [1.807, 2.05) is 32.0 Å². The molecule has 0 radical (unpaired) electrons. The molecule has 0 unspecified atom stereocenters. The zero-order valence-electron chi connectivity index (χ0n) is 14.9. The SMILES string of the molecule is Cc1cccc(C)c1OCCCc1cc(-c2noc(C(F)(F)F)n2)ccn1. The Morgan fingerprint density at radius 1 is 1.11 bits per heavy atom. The van der Waals surface area contributed by atoms with Gasteiger partial charge in [-0.2, -0.15) is 18.2 Å². The molecular formula is C19H18F3N3O2. The number of ether oxygens (including phenoxy) is 1. The van der Waals surface area contributed by atoms with Crippen molar-refractivity contribution in [3.63, 3.8) is 0 Å². The third kappa shape index (κ3) is 4.64. The van der Waals surface area contributed by atoms with Gasteiger partial charge in [0.2, 0.25) is 5.82 Å². The minimum Gasteiger partial charge on any atom is -0.493 e. The molecule has 0 bridgehead atoms. The van der Waals surface area contributed by atoms with Crippen LogP contribution in [-0.4, -0.2) is 21.7 Å². The number of nitrogens with zero attached hydrogens (tertiary/aromatic N) is 3. The van der Waals surface area contributed by atoms with Crippen LogP contribution in [0.3, 0.4) is 0 Å². The Morgan fingerprint density at radius 2 is 1.85 bits per heavy atom. The lowest BCUT2D eigenvalue weighted by atomic mass is 10.1. The van der Waals surface area contributed by atoms with Crippen LogP contribution in [0.15, 0.2) is 41.1 Å². The molecule has 3 aromatic rings. The quantitative estimate of drug-likeness (QED) is 0.579. The molecule has 0 aliphatic carbocycles. The van der Waals surface area contributed by atoms with Gasteiger partial charge in [0.05, 0.1) is 6.61 Å². The molecule has 2 heterocycles. The second-order valence-electron chi connectivity index (χ2n) is 6.13. The van der Waals surface area contributed by atoms with E-state index in [0.717, 1.165) is 22.6 Å². The second kappa shape index (κ2) is 7.77. The Balaban J connectivity index is 1.60. The van der Waals surface area contributed by atoms with Crippen LogP contribution in [0.2, 0.25) is 0 Å². The van der Waals surface area contributed by atoms with Gasteiger partial charge in [-0.15, -0.1) is 0 Å². The minimum absolute atomic E-state index is 0.113. The second-order valence-corrected chi connectivity index (χ2v) is 6.13. The van der Waals surface area contributed by atoms with Gasteiger partial charge in [-0.25, -0.2) is 0 Å². The molecule has 1 aromatic carbocycles. The number of alkyl halides is 3. The van der Waals surface area contributed by atoms with Crippen LogP contribution in [0.1, 0.15) is 29.1 Å². The smallest absolute Gasteiger partial charge is 0.471 e. The molecule has 27 heavy (non-hydrogen) atoms. The van der Waals surface area contributed by atoms with Gasteiger partial charge in [-0.3, -0.25) is 4.98 Å². The molecule has 8 heteroatoms. The fourth-order valence-electron chi connectivity index (χ4n) is 2.66. The fraction of sp³-hybridized carbons (Fsp3) is 0.316. The maximum atomic E-state index is 12.6. The normalized spacial score (nSPS) is 11.6. The summed E-state index contributed by atoms with van der Waals surface area (Å²) in [6.07, 6.45) is -1.82. The topological polar surface area (TPSA) is 61.0 Å². The first-order valence-corrected chi connectivity index (χ1v) is 8.40. The van der Waals surface area contributed by atoms with Crippen LogP contribution in [0.5, 0.6) is 5.75 Å². The average Bonchev–Trinajstić information content (AvgIpc) is 3.11. The lowest BCUT2D eigenvalue weighted by Gasteiger charge is -2.11. The van der Waals surface area contributed by atoms with Gasteiger partial charge in [-0.1, -0.05) is 23.4 Å². The first kappa shape index (κ1) is 18.9. The predicted octanol–water partition coefficient (Wildman–Crippen LogP) is 4.78. The molecule has 2 aromatic heterocycles. The highest BCUT2D eigenvalue weighted by Gasteiger charge is 2.38. The van der Waals surface area contributed by atoms with E-state index in [9.17, 15) is 13.2 Å². The first-order chi connectivity index (χ1) is 12.8. The number of rotatable bonds is 6. The number of aryl methyl sites for hydroxylation is 3. The van der Waals surface area contributed by atoms with E-state index >= 15 is 0 Å². The Bertz CT molecular complexity index is 902. The van der Waals surface area contributed by atoms with Crippen molar-refractivity contribution in [3.05, 3.63) is 59.2 Å². The average molecular weight is 377 g/mol. The third-order valence-corrected chi connectivity index (χ3v) is 3.98. The number of pyridine rings is 1. The van der Waals surface area contributed by atoms with E-state index in [4.69, 9.17) is 4.74 Å². The summed E-state index contributed by atoms with van der Waals surface area (Å²) in [7, 11) is 0. The van der Waals surface area contributed by atoms with Crippen LogP contribution in [0, 0.1) is 13.8 Å². The Labute approximate surface area is 154 Å². The van der Waals surface area contributed by atoms with Gasteiger partial charge in [0.1, 0.15) is 5.75 Å². The molecule has 0 aliphatic rings. The van der Waals surface area contributed by atoms with Gasteiger partial charge in [0.15, 0.2) is 0 Å². The van der Waals surface area contributed by atoms with Crippen molar-refractivity contribution in [2.75, 3.05) is 6.61 Å². The number of halogens is 3. The summed E-state index contributed by atoms with van der Waals surface area (Å²) in [5.41, 5.74) is 3.30. The number of para-hydroxylation sites is 1. The van der Waals surface area contributed by atoms with E-state index < -0.39 is 12.1 Å². The summed E-state index contributed by atoms with van der Waals surface area (Å²) in [6.45, 7) is 4.50. The number of benzene rings is 1. The Kier molecular flexibility index (Phi) is 5.43. The van der Waals surface area contributed by atoms with Crippen molar-refractivity contribution >= 4 is 0 Å². The molecule has 0 amide bonds. The van der Waals surface area contributed by atoms with Crippen molar-refractivity contribution in [1.29, 1.82) is 0 Å². The zero-order chi connectivity index (χ0) is 19.4. The van der Waals surface area contributed by atoms with Crippen molar-refractivity contribution in [3.8, 4) is 17.1 Å². The summed E-state index contributed by atoms with van der Waals surface area (Å²) >= 11 is 0. The largest absolute Gasteiger partial charge is 0.493 e. The summed E-state index contributed by atoms with van der Waals surface area (Å²) in [6, 6.07) is 9.17. The zero-order valence-corrected chi connectivity index (χ0v) is 14.9. The number of hydrogen-bond acceptors (Lipinski definition) is 5. The van der Waals surface area contributed by atoms with Gasteiger partial charge in [0, 0.05) is 17.5 Å². The van der Waals surface area contributed by atoms with E-state index in [1.165, 1.54) is 6.20 Å². The minimum atomic E-state index is -4.66. The summed E-state index contributed by atoms with van der Waals surface area (Å²) in [5.74, 6) is -0.596. The highest BCUT2D eigenvalue weighted by Crippen LogP contribution is 2.29. The molecule has 142 valence electrons. The maximum Gasteiger partial charge on any atom is 0.471 e. The molecule has 0 atom stereocenters. The van der Waals surface area contributed by atoms with Gasteiger partial charge in [-0.05, 0) is 49.9 Å². The lowest BCUT2D eigenvalue weighted by Crippen LogP contribution is -2.05. The molecule has 0 aliphatic heterocycles. The summed E-state index contributed by atoms with van der Waals surface area (Å²) in [5, 5.41) is 3.39. The Hall–Kier alpha value is -2.90. The lowest BCUT2D eigenvalue weighted by molar-refractivity contribution is -0.159. The molecule has 0 spiro atoms. The molecule has 0 fully saturated rings. The van der Waals surface area contributed by atoms with Gasteiger partial charge >= 0.3 is 12.1 Å². The summed E-state index contributed by atoms with van der Waals surface area (Å²) < 4.78 is 47.8. The van der Waals surface area contributed by atoms with Crippen LogP contribution < -0.4 is 4.74 Å². The predicted molar refractivity (Wildman–Crippen MR) is 92.3 cm³/mol. The van der Waals surface area contributed by atoms with E-state index in [2.05, 4.69) is 19.6 Å². The molecule has 0 saturated carbocycles. The van der Waals surface area contributed by atoms with Gasteiger partial charge < -0.3 is 9.26 Å². The van der Waals surface area contributed by atoms with Crippen LogP contribution in [0.4, 0.5) is 13.2 Å². The highest BCUT2D eigenvalue weighted by molar-refractivity contribution is 5.54. The monoisotopic (exact) mass is 377 g/mol. The summed E-state index contributed by atoms with van der Waals surface area (Å²) in [4.78, 5) is 7.63. The highest BCUT2D eigenvalue weighted by atomic mass is 19.4. The molecule has 3 rings (SSSR count). The molecular weight excluding hydrogens is 359 g/mol. The standard InChI is InChI=1S/C19H18F3N3O2/c1-12-5-3-6-13(2)16(12)26-10-4-7-15-11-14(8-9-23-15)17-24-18(27-25-17)19(20,21)22/h3,5-6,8-9,11H,4,7,10H2,1-2H3. The van der Waals surface area contributed by atoms with Crippen molar-refractivity contribution < 1.29 is 22.4 Å². The van der Waals surface area contributed by atoms with E-state index in [1.54, 1.807) is 12.1 Å². The number of hydrogen-bond donors (Lipinski definition) is 0. The fourth-order valence-corrected chi connectivity index (χ4v) is 2.66. The van der Waals surface area contributed by atoms with Crippen molar-refractivity contribution in [2.45, 2.75) is 32.9 Å². The van der Waals surface area contributed by atoms with Crippen molar-refractivity contribution in [1.82, 2.24) is 15.1 Å². The Morgan fingerprint density at radius 3 is 2.52 bits per heavy atom. The third-order valence-electron chi connectivity index (χ3n) is 3.98. The number of aromatic nitrogens is 3. The first-order valence-electron chi connectivity index (χ1n) is 8.40. The van der Waals surface area contributed by atoms with E-state index in [-0.39, 0.29) is 5.82 Å².